The standard InChI is InChI=1S/C18H27N3O4/c1-13(17(22)21-18(23)19-2)20-15-7-5-6-14(10-15)11-24-12-16-8-3-4-9-25-16/h5-7,10,13,16,20H,3-4,8-9,11-12H2,1-2H3,(H2,19,21,22,23)/t13-,16+/m0/s1. The normalized spacial score (nSPS) is 18.2. The summed E-state index contributed by atoms with van der Waals surface area (Å²) in [5.41, 5.74) is 1.81. The third-order valence-electron chi connectivity index (χ3n) is 4.01. The van der Waals surface area contributed by atoms with Crippen LogP contribution in [0.3, 0.4) is 0 Å². The summed E-state index contributed by atoms with van der Waals surface area (Å²) in [5, 5.41) is 7.67. The van der Waals surface area contributed by atoms with E-state index in [9.17, 15) is 9.59 Å². The van der Waals surface area contributed by atoms with Crippen molar-refractivity contribution in [3.63, 3.8) is 0 Å². The zero-order valence-corrected chi connectivity index (χ0v) is 14.8. The van der Waals surface area contributed by atoms with Crippen molar-refractivity contribution < 1.29 is 19.1 Å². The minimum atomic E-state index is -0.538. The van der Waals surface area contributed by atoms with E-state index in [1.165, 1.54) is 13.5 Å². The van der Waals surface area contributed by atoms with Gasteiger partial charge in [-0.15, -0.1) is 0 Å². The molecule has 1 heterocycles. The maximum Gasteiger partial charge on any atom is 0.321 e. The molecule has 1 aromatic rings. The molecule has 138 valence electrons. The quantitative estimate of drug-likeness (QED) is 0.701. The number of nitrogens with one attached hydrogen (secondary N) is 3. The lowest BCUT2D eigenvalue weighted by molar-refractivity contribution is -0.120. The van der Waals surface area contributed by atoms with E-state index < -0.39 is 18.0 Å². The number of amides is 3. The fourth-order valence-corrected chi connectivity index (χ4v) is 2.60. The molecule has 3 N–H and O–H groups in total. The van der Waals surface area contributed by atoms with Crippen LogP contribution in [0.2, 0.25) is 0 Å². The lowest BCUT2D eigenvalue weighted by atomic mass is 10.1. The van der Waals surface area contributed by atoms with Crippen molar-refractivity contribution >= 4 is 17.6 Å². The van der Waals surface area contributed by atoms with Crippen molar-refractivity contribution in [2.75, 3.05) is 25.6 Å². The number of ether oxygens (including phenoxy) is 2. The van der Waals surface area contributed by atoms with Gasteiger partial charge in [-0.2, -0.15) is 0 Å². The number of carbonyl (C=O) groups excluding carboxylic acids is 2. The molecule has 0 spiro atoms. The van der Waals surface area contributed by atoms with Crippen LogP contribution in [-0.2, 0) is 20.9 Å². The van der Waals surface area contributed by atoms with Crippen LogP contribution in [0.5, 0.6) is 0 Å². The zero-order valence-electron chi connectivity index (χ0n) is 14.8. The third kappa shape index (κ3) is 6.72. The molecule has 1 aromatic carbocycles. The van der Waals surface area contributed by atoms with Gasteiger partial charge in [-0.25, -0.2) is 4.79 Å². The first-order chi connectivity index (χ1) is 12.1. The predicted molar refractivity (Wildman–Crippen MR) is 95.4 cm³/mol. The van der Waals surface area contributed by atoms with Gasteiger partial charge in [-0.1, -0.05) is 12.1 Å². The van der Waals surface area contributed by atoms with Gasteiger partial charge in [0.25, 0.3) is 0 Å². The van der Waals surface area contributed by atoms with Crippen molar-refractivity contribution in [1.29, 1.82) is 0 Å². The molecule has 2 rings (SSSR count). The molecule has 7 heteroatoms. The molecule has 0 bridgehead atoms. The highest BCUT2D eigenvalue weighted by Crippen LogP contribution is 2.15. The number of carbonyl (C=O) groups is 2. The maximum absolute atomic E-state index is 11.9. The first kappa shape index (κ1) is 19.2. The first-order valence-corrected chi connectivity index (χ1v) is 8.66. The minimum absolute atomic E-state index is 0.198. The second kappa shape index (κ2) is 10.0. The summed E-state index contributed by atoms with van der Waals surface area (Å²) in [7, 11) is 1.46. The van der Waals surface area contributed by atoms with Crippen molar-refractivity contribution in [2.24, 2.45) is 0 Å². The Morgan fingerprint density at radius 3 is 2.92 bits per heavy atom. The van der Waals surface area contributed by atoms with E-state index >= 15 is 0 Å². The number of hydrogen-bond acceptors (Lipinski definition) is 5. The first-order valence-electron chi connectivity index (χ1n) is 8.66. The molecule has 3 amide bonds. The molecule has 1 fully saturated rings. The van der Waals surface area contributed by atoms with Gasteiger partial charge in [-0.3, -0.25) is 10.1 Å². The molecular formula is C18H27N3O4. The summed E-state index contributed by atoms with van der Waals surface area (Å²) in [5.74, 6) is -0.393. The number of urea groups is 1. The molecule has 25 heavy (non-hydrogen) atoms. The van der Waals surface area contributed by atoms with Crippen molar-refractivity contribution in [3.05, 3.63) is 29.8 Å². The molecule has 0 aliphatic carbocycles. The van der Waals surface area contributed by atoms with Crippen LogP contribution in [0.15, 0.2) is 24.3 Å². The minimum Gasteiger partial charge on any atom is -0.376 e. The summed E-state index contributed by atoms with van der Waals surface area (Å²) < 4.78 is 11.4. The highest BCUT2D eigenvalue weighted by atomic mass is 16.5. The molecular weight excluding hydrogens is 322 g/mol. The van der Waals surface area contributed by atoms with Crippen LogP contribution in [-0.4, -0.2) is 44.3 Å². The van der Waals surface area contributed by atoms with E-state index in [-0.39, 0.29) is 6.10 Å². The second-order valence-corrected chi connectivity index (χ2v) is 6.14. The summed E-state index contributed by atoms with van der Waals surface area (Å²) in [6.07, 6.45) is 3.59. The molecule has 0 unspecified atom stereocenters. The molecule has 7 nitrogen and oxygen atoms in total. The number of anilines is 1. The highest BCUT2D eigenvalue weighted by Gasteiger charge is 2.15. The van der Waals surface area contributed by atoms with E-state index in [0.29, 0.717) is 13.2 Å². The van der Waals surface area contributed by atoms with Crippen molar-refractivity contribution in [2.45, 2.75) is 44.9 Å². The summed E-state index contributed by atoms with van der Waals surface area (Å²) in [4.78, 5) is 23.1. The molecule has 0 aromatic heterocycles. The molecule has 2 atom stereocenters. The van der Waals surface area contributed by atoms with Gasteiger partial charge in [0.15, 0.2) is 0 Å². The smallest absolute Gasteiger partial charge is 0.321 e. The summed E-state index contributed by atoms with van der Waals surface area (Å²) in [6.45, 7) is 3.61. The van der Waals surface area contributed by atoms with E-state index in [0.717, 1.165) is 30.7 Å². The topological polar surface area (TPSA) is 88.7 Å². The van der Waals surface area contributed by atoms with Gasteiger partial charge >= 0.3 is 6.03 Å². The maximum atomic E-state index is 11.9. The Morgan fingerprint density at radius 2 is 2.20 bits per heavy atom. The molecule has 0 saturated carbocycles. The average Bonchev–Trinajstić information content (AvgIpc) is 2.62. The number of hydrogen-bond donors (Lipinski definition) is 3. The number of imide groups is 1. The van der Waals surface area contributed by atoms with Gasteiger partial charge in [0.1, 0.15) is 6.04 Å². The summed E-state index contributed by atoms with van der Waals surface area (Å²) >= 11 is 0. The third-order valence-corrected chi connectivity index (χ3v) is 4.01. The number of benzene rings is 1. The molecule has 0 radical (unpaired) electrons. The largest absolute Gasteiger partial charge is 0.376 e. The second-order valence-electron chi connectivity index (χ2n) is 6.14. The van der Waals surface area contributed by atoms with Gasteiger partial charge in [0, 0.05) is 19.3 Å². The molecule has 1 saturated heterocycles. The molecule has 1 aliphatic rings. The Morgan fingerprint density at radius 1 is 1.36 bits per heavy atom. The van der Waals surface area contributed by atoms with E-state index in [2.05, 4.69) is 16.0 Å². The van der Waals surface area contributed by atoms with Crippen molar-refractivity contribution in [1.82, 2.24) is 10.6 Å². The Balaban J connectivity index is 1.79. The Labute approximate surface area is 148 Å². The van der Waals surface area contributed by atoms with Crippen LogP contribution in [0.25, 0.3) is 0 Å². The Bertz CT molecular complexity index is 573. The average molecular weight is 349 g/mol. The highest BCUT2D eigenvalue weighted by molar-refractivity contribution is 5.97. The van der Waals surface area contributed by atoms with Crippen LogP contribution in [0.1, 0.15) is 31.7 Å². The Kier molecular flexibility index (Phi) is 7.69. The van der Waals surface area contributed by atoms with E-state index in [1.54, 1.807) is 6.92 Å². The van der Waals surface area contributed by atoms with Crippen LogP contribution in [0, 0.1) is 0 Å². The van der Waals surface area contributed by atoms with Gasteiger partial charge in [0.05, 0.1) is 19.3 Å². The van der Waals surface area contributed by atoms with Gasteiger partial charge < -0.3 is 20.1 Å². The monoisotopic (exact) mass is 349 g/mol. The van der Waals surface area contributed by atoms with Gasteiger partial charge in [-0.05, 0) is 43.9 Å². The van der Waals surface area contributed by atoms with Crippen LogP contribution in [0.4, 0.5) is 10.5 Å². The fraction of sp³-hybridized carbons (Fsp3) is 0.556. The van der Waals surface area contributed by atoms with E-state index in [1.807, 2.05) is 24.3 Å². The Hall–Kier alpha value is -2.12. The SMILES string of the molecule is CNC(=O)NC(=O)[C@H](C)Nc1cccc(COC[C@H]2CCCCO2)c1. The van der Waals surface area contributed by atoms with E-state index in [4.69, 9.17) is 9.47 Å². The van der Waals surface area contributed by atoms with Crippen LogP contribution >= 0.6 is 0 Å². The van der Waals surface area contributed by atoms with Crippen molar-refractivity contribution in [3.8, 4) is 0 Å². The zero-order chi connectivity index (χ0) is 18.1. The lowest BCUT2D eigenvalue weighted by Crippen LogP contribution is -2.44. The number of rotatable bonds is 7. The summed E-state index contributed by atoms with van der Waals surface area (Å²) in [6, 6.07) is 6.63. The molecule has 1 aliphatic heterocycles. The lowest BCUT2D eigenvalue weighted by Gasteiger charge is -2.22. The predicted octanol–water partition coefficient (Wildman–Crippen LogP) is 2.03. The fourth-order valence-electron chi connectivity index (χ4n) is 2.60. The van der Waals surface area contributed by atoms with Crippen LogP contribution < -0.4 is 16.0 Å². The van der Waals surface area contributed by atoms with Gasteiger partial charge in [0.2, 0.25) is 5.91 Å².